The fourth-order valence-corrected chi connectivity index (χ4v) is 5.22. The van der Waals surface area contributed by atoms with Crippen LogP contribution in [0.25, 0.3) is 0 Å². The van der Waals surface area contributed by atoms with Crippen LogP contribution in [0.15, 0.2) is 0 Å². The predicted molar refractivity (Wildman–Crippen MR) is 98.3 cm³/mol. The molecule has 2 saturated carbocycles. The monoisotopic (exact) mass is 416 g/mol. The first-order valence-corrected chi connectivity index (χ1v) is 11.2. The average molecular weight is 417 g/mol. The van der Waals surface area contributed by atoms with Gasteiger partial charge >= 0.3 is 16.4 Å². The molecule has 2 heterocycles. The fourth-order valence-electron chi connectivity index (χ4n) is 4.86. The largest absolute Gasteiger partial charge is 0.418 e. The molecule has 2 saturated heterocycles. The summed E-state index contributed by atoms with van der Waals surface area (Å²) in [5.74, 6) is 0.680. The summed E-state index contributed by atoms with van der Waals surface area (Å²) in [7, 11) is -3.36. The molecular formula is C17H28N4O6S. The molecule has 0 bridgehead atoms. The van der Waals surface area contributed by atoms with E-state index in [0.29, 0.717) is 23.3 Å². The molecule has 0 radical (unpaired) electrons. The number of likely N-dealkylation sites (tertiary alicyclic amines) is 1. The van der Waals surface area contributed by atoms with Crippen LogP contribution in [0.1, 0.15) is 38.5 Å². The van der Waals surface area contributed by atoms with Gasteiger partial charge in [-0.15, -0.1) is 4.28 Å². The number of rotatable bonds is 6. The summed E-state index contributed by atoms with van der Waals surface area (Å²) in [6.07, 6.45) is 5.45. The van der Waals surface area contributed by atoms with Gasteiger partial charge in [0.2, 0.25) is 5.91 Å². The summed E-state index contributed by atoms with van der Waals surface area (Å²) >= 11 is 0. The van der Waals surface area contributed by atoms with E-state index < -0.39 is 22.5 Å². The Bertz CT molecular complexity index is 741. The number of hydroxylamine groups is 2. The number of urea groups is 1. The molecule has 4 fully saturated rings. The van der Waals surface area contributed by atoms with Crippen LogP contribution in [0.2, 0.25) is 0 Å². The van der Waals surface area contributed by atoms with Gasteiger partial charge in [0, 0.05) is 32.7 Å². The summed E-state index contributed by atoms with van der Waals surface area (Å²) < 4.78 is 34.9. The second-order valence-electron chi connectivity index (χ2n) is 8.88. The Balaban J connectivity index is 1.25. The maximum atomic E-state index is 12.7. The first-order chi connectivity index (χ1) is 13.1. The normalized spacial score (nSPS) is 28.6. The summed E-state index contributed by atoms with van der Waals surface area (Å²) in [6, 6.07) is -1.32. The van der Waals surface area contributed by atoms with Gasteiger partial charge in [0.15, 0.2) is 0 Å². The zero-order valence-corrected chi connectivity index (χ0v) is 16.9. The van der Waals surface area contributed by atoms with Gasteiger partial charge in [-0.25, -0.2) is 4.79 Å². The minimum absolute atomic E-state index is 0.0177. The van der Waals surface area contributed by atoms with Gasteiger partial charge in [-0.1, -0.05) is 0 Å². The third-order valence-electron chi connectivity index (χ3n) is 6.34. The number of amides is 3. The van der Waals surface area contributed by atoms with Crippen molar-refractivity contribution in [3.63, 3.8) is 0 Å². The average Bonchev–Trinajstić information content (AvgIpc) is 3.35. The number of hydrogen-bond donors (Lipinski definition) is 2. The van der Waals surface area contributed by atoms with Gasteiger partial charge in [-0.2, -0.15) is 13.5 Å². The zero-order valence-electron chi connectivity index (χ0n) is 16.0. The summed E-state index contributed by atoms with van der Waals surface area (Å²) in [5.41, 5.74) is 0.359. The Morgan fingerprint density at radius 2 is 1.96 bits per heavy atom. The van der Waals surface area contributed by atoms with Crippen molar-refractivity contribution >= 4 is 22.3 Å². The molecule has 28 heavy (non-hydrogen) atoms. The first kappa shape index (κ1) is 19.9. The number of carbonyl (C=O) groups is 2. The van der Waals surface area contributed by atoms with Gasteiger partial charge < -0.3 is 15.1 Å². The van der Waals surface area contributed by atoms with Crippen molar-refractivity contribution in [3.8, 4) is 0 Å². The topological polar surface area (TPSA) is 119 Å². The maximum Gasteiger partial charge on any atom is 0.418 e. The zero-order chi connectivity index (χ0) is 20.1. The summed E-state index contributed by atoms with van der Waals surface area (Å²) in [6.45, 7) is 3.45. The van der Waals surface area contributed by atoms with Crippen LogP contribution in [0, 0.1) is 11.3 Å². The minimum atomic E-state index is -4.79. The molecule has 0 aromatic heterocycles. The first-order valence-electron chi connectivity index (χ1n) is 9.88. The van der Waals surface area contributed by atoms with E-state index in [4.69, 9.17) is 4.55 Å². The number of likely N-dealkylation sites (N-methyl/N-ethyl adjacent to an activating group) is 1. The van der Waals surface area contributed by atoms with Gasteiger partial charge in [-0.3, -0.25) is 9.35 Å². The molecule has 158 valence electrons. The molecule has 2 N–H and O–H groups in total. The van der Waals surface area contributed by atoms with E-state index in [-0.39, 0.29) is 18.5 Å². The lowest BCUT2D eigenvalue weighted by atomic mass is 9.60. The quantitative estimate of drug-likeness (QED) is 0.595. The van der Waals surface area contributed by atoms with Crippen LogP contribution in [0.3, 0.4) is 0 Å². The third kappa shape index (κ3) is 4.27. The van der Waals surface area contributed by atoms with Crippen molar-refractivity contribution in [2.75, 3.05) is 33.2 Å². The smallest absolute Gasteiger partial charge is 0.352 e. The highest BCUT2D eigenvalue weighted by atomic mass is 32.3. The molecule has 0 aromatic carbocycles. The van der Waals surface area contributed by atoms with Crippen LogP contribution in [0.4, 0.5) is 4.79 Å². The number of carbonyl (C=O) groups excluding carboxylic acids is 2. The fraction of sp³-hybridized carbons (Fsp3) is 0.882. The van der Waals surface area contributed by atoms with E-state index in [1.807, 2.05) is 0 Å². The highest BCUT2D eigenvalue weighted by Gasteiger charge is 2.53. The number of nitrogens with zero attached hydrogens (tertiary/aromatic N) is 3. The molecule has 3 amide bonds. The predicted octanol–water partition coefficient (Wildman–Crippen LogP) is 0.228. The van der Waals surface area contributed by atoms with E-state index in [0.717, 1.165) is 31.8 Å². The van der Waals surface area contributed by atoms with Crippen molar-refractivity contribution in [3.05, 3.63) is 0 Å². The molecule has 10 nitrogen and oxygen atoms in total. The van der Waals surface area contributed by atoms with Crippen molar-refractivity contribution in [2.45, 2.75) is 50.6 Å². The molecule has 1 spiro atoms. The van der Waals surface area contributed by atoms with E-state index in [9.17, 15) is 18.0 Å². The lowest BCUT2D eigenvalue weighted by molar-refractivity contribution is -0.131. The Morgan fingerprint density at radius 1 is 1.29 bits per heavy atom. The van der Waals surface area contributed by atoms with Crippen LogP contribution in [-0.2, 0) is 19.5 Å². The van der Waals surface area contributed by atoms with E-state index in [2.05, 4.69) is 14.5 Å². The van der Waals surface area contributed by atoms with Crippen LogP contribution in [-0.4, -0.2) is 85.1 Å². The van der Waals surface area contributed by atoms with E-state index in [1.54, 1.807) is 0 Å². The highest BCUT2D eigenvalue weighted by Crippen LogP contribution is 2.49. The molecule has 2 aliphatic carbocycles. The van der Waals surface area contributed by atoms with Crippen LogP contribution >= 0.6 is 0 Å². The SMILES string of the molecule is CN1C(=O)N(OS(=O)(=O)O)CCC[C@H]1C(=O)NC1CC2(C1)CN(CC1CC1)C2. The molecule has 11 heteroatoms. The second kappa shape index (κ2) is 7.12. The van der Waals surface area contributed by atoms with Crippen molar-refractivity contribution in [2.24, 2.45) is 11.3 Å². The molecule has 0 unspecified atom stereocenters. The van der Waals surface area contributed by atoms with E-state index >= 15 is 0 Å². The molecule has 4 rings (SSSR count). The van der Waals surface area contributed by atoms with Gasteiger partial charge in [0.1, 0.15) is 6.04 Å². The molecule has 4 aliphatic rings. The van der Waals surface area contributed by atoms with Gasteiger partial charge in [0.25, 0.3) is 0 Å². The third-order valence-corrected chi connectivity index (χ3v) is 6.71. The molecule has 2 aliphatic heterocycles. The molecule has 1 atom stereocenters. The Labute approximate surface area is 165 Å². The summed E-state index contributed by atoms with van der Waals surface area (Å²) in [5, 5.41) is 3.61. The lowest BCUT2D eigenvalue weighted by Gasteiger charge is -2.59. The van der Waals surface area contributed by atoms with Crippen LogP contribution < -0.4 is 5.32 Å². The highest BCUT2D eigenvalue weighted by molar-refractivity contribution is 7.80. The Hall–Kier alpha value is -1.43. The lowest BCUT2D eigenvalue weighted by Crippen LogP contribution is -2.67. The van der Waals surface area contributed by atoms with Crippen molar-refractivity contribution < 1.29 is 26.8 Å². The minimum Gasteiger partial charge on any atom is -0.352 e. The Kier molecular flexibility index (Phi) is 5.05. The summed E-state index contributed by atoms with van der Waals surface area (Å²) in [4.78, 5) is 28.7. The van der Waals surface area contributed by atoms with Crippen LogP contribution in [0.5, 0.6) is 0 Å². The maximum absolute atomic E-state index is 12.7. The second-order valence-corrected chi connectivity index (χ2v) is 9.89. The van der Waals surface area contributed by atoms with E-state index in [1.165, 1.54) is 31.3 Å². The molecule has 0 aromatic rings. The standard InChI is InChI=1S/C17H28N4O6S/c1-19-14(3-2-6-21(16(19)23)27-28(24,25)26)15(22)18-13-7-17(8-13)10-20(11-17)9-12-4-5-12/h12-14H,2-11H2,1H3,(H,18,22)(H,24,25,26)/t14-/m0/s1. The number of hydrogen-bond acceptors (Lipinski definition) is 6. The number of nitrogens with one attached hydrogen (secondary N) is 1. The van der Waals surface area contributed by atoms with Crippen molar-refractivity contribution in [1.29, 1.82) is 0 Å². The van der Waals surface area contributed by atoms with Gasteiger partial charge in [-0.05, 0) is 49.9 Å². The Morgan fingerprint density at radius 3 is 2.57 bits per heavy atom. The van der Waals surface area contributed by atoms with Gasteiger partial charge in [0.05, 0.1) is 6.54 Å². The van der Waals surface area contributed by atoms with Crippen molar-refractivity contribution in [1.82, 2.24) is 20.2 Å². The molecular weight excluding hydrogens is 388 g/mol.